The number of nitrogens with one attached hydrogen (secondary N) is 1. The zero-order chi connectivity index (χ0) is 11.8. The topological polar surface area (TPSA) is 122 Å². The van der Waals surface area contributed by atoms with Crippen LogP contribution >= 0.6 is 0 Å². The molecule has 1 amide bonds. The molecule has 0 saturated heterocycles. The molecule has 0 aliphatic carbocycles. The summed E-state index contributed by atoms with van der Waals surface area (Å²) < 4.78 is 4.64. The Labute approximate surface area is 87.2 Å². The van der Waals surface area contributed by atoms with Crippen molar-refractivity contribution in [3.63, 3.8) is 0 Å². The highest BCUT2D eigenvalue weighted by molar-refractivity contribution is 5.86. The number of rotatable bonds is 7. The Bertz CT molecular complexity index is 221. The van der Waals surface area contributed by atoms with Gasteiger partial charge in [0.1, 0.15) is 12.1 Å². The van der Waals surface area contributed by atoms with Crippen LogP contribution < -0.4 is 11.1 Å². The van der Waals surface area contributed by atoms with E-state index in [-0.39, 0.29) is 19.6 Å². The molecule has 0 fully saturated rings. The Balaban J connectivity index is 4.15. The predicted molar refractivity (Wildman–Crippen MR) is 51.1 cm³/mol. The molecule has 0 radical (unpaired) electrons. The molecule has 7 nitrogen and oxygen atoms in total. The van der Waals surface area contributed by atoms with Crippen molar-refractivity contribution in [2.75, 3.05) is 20.3 Å². The highest BCUT2D eigenvalue weighted by atomic mass is 16.5. The lowest BCUT2D eigenvalue weighted by molar-refractivity contribution is -0.142. The van der Waals surface area contributed by atoms with Gasteiger partial charge in [-0.15, -0.1) is 0 Å². The van der Waals surface area contributed by atoms with Crippen molar-refractivity contribution in [2.24, 2.45) is 5.73 Å². The summed E-state index contributed by atoms with van der Waals surface area (Å²) in [6.45, 7) is -0.311. The fraction of sp³-hybridized carbons (Fsp3) is 0.750. The first-order chi connectivity index (χ1) is 7.02. The van der Waals surface area contributed by atoms with Crippen LogP contribution in [0.5, 0.6) is 0 Å². The minimum atomic E-state index is -1.21. The molecule has 0 bridgehead atoms. The second-order valence-electron chi connectivity index (χ2n) is 2.97. The Kier molecular flexibility index (Phi) is 6.59. The number of aliphatic carboxylic acids is 1. The fourth-order valence-corrected chi connectivity index (χ4v) is 0.920. The van der Waals surface area contributed by atoms with Crippen molar-refractivity contribution in [2.45, 2.75) is 18.5 Å². The molecule has 0 spiro atoms. The van der Waals surface area contributed by atoms with Crippen molar-refractivity contribution >= 4 is 11.9 Å². The number of methoxy groups -OCH3 is 1. The summed E-state index contributed by atoms with van der Waals surface area (Å²) in [6.07, 6.45) is -0.0548. The SMILES string of the molecule is COCC(N)C(=O)N[C@@H](CCO)C(=O)O. The second-order valence-corrected chi connectivity index (χ2v) is 2.97. The van der Waals surface area contributed by atoms with Gasteiger partial charge in [-0.1, -0.05) is 0 Å². The Morgan fingerprint density at radius 2 is 2.13 bits per heavy atom. The third-order valence-electron chi connectivity index (χ3n) is 1.72. The van der Waals surface area contributed by atoms with Gasteiger partial charge in [0.05, 0.1) is 6.61 Å². The predicted octanol–water partition coefficient (Wildman–Crippen LogP) is -2.09. The number of nitrogens with two attached hydrogens (primary N) is 1. The molecule has 0 aliphatic rings. The van der Waals surface area contributed by atoms with Gasteiger partial charge in [0.15, 0.2) is 0 Å². The van der Waals surface area contributed by atoms with Crippen LogP contribution in [0.4, 0.5) is 0 Å². The molecule has 2 atom stereocenters. The van der Waals surface area contributed by atoms with Crippen LogP contribution in [0.1, 0.15) is 6.42 Å². The van der Waals surface area contributed by atoms with E-state index in [1.54, 1.807) is 0 Å². The van der Waals surface area contributed by atoms with Gasteiger partial charge < -0.3 is 26.0 Å². The van der Waals surface area contributed by atoms with E-state index in [9.17, 15) is 9.59 Å². The van der Waals surface area contributed by atoms with Gasteiger partial charge in [0.25, 0.3) is 0 Å². The Hall–Kier alpha value is -1.18. The van der Waals surface area contributed by atoms with E-state index in [4.69, 9.17) is 15.9 Å². The molecule has 88 valence electrons. The number of carbonyl (C=O) groups is 2. The molecule has 0 aromatic rings. The lowest BCUT2D eigenvalue weighted by Gasteiger charge is -2.16. The maximum absolute atomic E-state index is 11.3. The molecular weight excluding hydrogens is 204 g/mol. The largest absolute Gasteiger partial charge is 0.480 e. The number of ether oxygens (including phenoxy) is 1. The number of hydrogen-bond donors (Lipinski definition) is 4. The Morgan fingerprint density at radius 3 is 2.53 bits per heavy atom. The molecular formula is C8H16N2O5. The van der Waals surface area contributed by atoms with Gasteiger partial charge in [-0.2, -0.15) is 0 Å². The van der Waals surface area contributed by atoms with E-state index in [1.807, 2.05) is 0 Å². The van der Waals surface area contributed by atoms with Crippen molar-refractivity contribution in [3.8, 4) is 0 Å². The van der Waals surface area contributed by atoms with Gasteiger partial charge in [-0.3, -0.25) is 4.79 Å². The summed E-state index contributed by atoms with van der Waals surface area (Å²) in [7, 11) is 1.38. The zero-order valence-electron chi connectivity index (χ0n) is 8.47. The highest BCUT2D eigenvalue weighted by Crippen LogP contribution is 1.92. The van der Waals surface area contributed by atoms with E-state index in [2.05, 4.69) is 10.1 Å². The average Bonchev–Trinajstić information content (AvgIpc) is 2.17. The third-order valence-corrected chi connectivity index (χ3v) is 1.72. The van der Waals surface area contributed by atoms with Crippen LogP contribution in [-0.4, -0.2) is 54.5 Å². The number of aliphatic hydroxyl groups excluding tert-OH is 1. The van der Waals surface area contributed by atoms with Crippen LogP contribution in [-0.2, 0) is 14.3 Å². The number of hydrogen-bond acceptors (Lipinski definition) is 5. The molecule has 0 aromatic heterocycles. The van der Waals surface area contributed by atoms with Crippen molar-refractivity contribution in [1.29, 1.82) is 0 Å². The van der Waals surface area contributed by atoms with Gasteiger partial charge in [0.2, 0.25) is 5.91 Å². The number of carboxylic acid groups (broad SMARTS) is 1. The molecule has 1 unspecified atom stereocenters. The van der Waals surface area contributed by atoms with E-state index in [0.717, 1.165) is 0 Å². The van der Waals surface area contributed by atoms with E-state index < -0.39 is 24.0 Å². The van der Waals surface area contributed by atoms with E-state index in [0.29, 0.717) is 0 Å². The first-order valence-corrected chi connectivity index (χ1v) is 4.41. The number of amides is 1. The van der Waals surface area contributed by atoms with Crippen LogP contribution in [0.2, 0.25) is 0 Å². The molecule has 0 aliphatic heterocycles. The summed E-state index contributed by atoms with van der Waals surface area (Å²) in [5.41, 5.74) is 5.38. The van der Waals surface area contributed by atoms with Crippen LogP contribution in [0.25, 0.3) is 0 Å². The average molecular weight is 220 g/mol. The van der Waals surface area contributed by atoms with Gasteiger partial charge in [-0.25, -0.2) is 4.79 Å². The third kappa shape index (κ3) is 5.31. The van der Waals surface area contributed by atoms with E-state index >= 15 is 0 Å². The molecule has 15 heavy (non-hydrogen) atoms. The summed E-state index contributed by atoms with van der Waals surface area (Å²) in [5.74, 6) is -1.82. The minimum Gasteiger partial charge on any atom is -0.480 e. The smallest absolute Gasteiger partial charge is 0.326 e. The first kappa shape index (κ1) is 13.8. The standard InChI is InChI=1S/C8H16N2O5/c1-15-4-5(9)7(12)10-6(2-3-11)8(13)14/h5-6,11H,2-4,9H2,1H3,(H,10,12)(H,13,14)/t5?,6-/m0/s1. The minimum absolute atomic E-state index is 0.0112. The second kappa shape index (κ2) is 7.16. The molecule has 7 heteroatoms. The molecule has 5 N–H and O–H groups in total. The number of carbonyl (C=O) groups excluding carboxylic acids is 1. The van der Waals surface area contributed by atoms with Crippen LogP contribution in [0.3, 0.4) is 0 Å². The molecule has 0 saturated carbocycles. The molecule has 0 rings (SSSR count). The zero-order valence-corrected chi connectivity index (χ0v) is 8.47. The first-order valence-electron chi connectivity index (χ1n) is 4.41. The Morgan fingerprint density at radius 1 is 1.53 bits per heavy atom. The summed E-state index contributed by atoms with van der Waals surface area (Å²) in [5, 5.41) is 19.4. The lowest BCUT2D eigenvalue weighted by atomic mass is 10.2. The van der Waals surface area contributed by atoms with Crippen LogP contribution in [0, 0.1) is 0 Å². The normalized spacial score (nSPS) is 14.3. The van der Waals surface area contributed by atoms with Gasteiger partial charge in [0, 0.05) is 20.1 Å². The van der Waals surface area contributed by atoms with Crippen molar-refractivity contribution < 1.29 is 24.5 Å². The number of carboxylic acids is 1. The quantitative estimate of drug-likeness (QED) is 0.390. The van der Waals surface area contributed by atoms with Crippen molar-refractivity contribution in [3.05, 3.63) is 0 Å². The van der Waals surface area contributed by atoms with Gasteiger partial charge in [-0.05, 0) is 0 Å². The van der Waals surface area contributed by atoms with Crippen LogP contribution in [0.15, 0.2) is 0 Å². The summed E-state index contributed by atoms with van der Waals surface area (Å²) >= 11 is 0. The fourth-order valence-electron chi connectivity index (χ4n) is 0.920. The number of aliphatic hydroxyl groups is 1. The maximum atomic E-state index is 11.3. The summed E-state index contributed by atoms with van der Waals surface area (Å²) in [4.78, 5) is 21.9. The summed E-state index contributed by atoms with van der Waals surface area (Å²) in [6, 6.07) is -2.03. The highest BCUT2D eigenvalue weighted by Gasteiger charge is 2.22. The maximum Gasteiger partial charge on any atom is 0.326 e. The van der Waals surface area contributed by atoms with Gasteiger partial charge >= 0.3 is 5.97 Å². The molecule has 0 heterocycles. The lowest BCUT2D eigenvalue weighted by Crippen LogP contribution is -2.50. The van der Waals surface area contributed by atoms with E-state index in [1.165, 1.54) is 7.11 Å². The monoisotopic (exact) mass is 220 g/mol. The molecule has 0 aromatic carbocycles. The van der Waals surface area contributed by atoms with Crippen molar-refractivity contribution in [1.82, 2.24) is 5.32 Å².